The molecule has 4 aromatic rings. The molecule has 0 saturated heterocycles. The number of aromatic nitrogens is 2. The number of anilines is 1. The number of amides is 2. The summed E-state index contributed by atoms with van der Waals surface area (Å²) in [6.45, 7) is 9.99. The van der Waals surface area contributed by atoms with Gasteiger partial charge in [-0.1, -0.05) is 50.2 Å². The minimum absolute atomic E-state index is 0.0814. The fraction of sp³-hybridized carbons (Fsp3) is 0.343. The Hall–Kier alpha value is -4.48. The lowest BCUT2D eigenvalue weighted by Gasteiger charge is -2.38. The zero-order valence-electron chi connectivity index (χ0n) is 26.6. The molecule has 2 amide bonds. The monoisotopic (exact) mass is 644 g/mol. The second kappa shape index (κ2) is 13.9. The molecule has 2 heterocycles. The molecule has 1 aromatic heterocycles. The maximum atomic E-state index is 13.5. The van der Waals surface area contributed by atoms with E-state index in [9.17, 15) is 18.0 Å². The van der Waals surface area contributed by atoms with E-state index in [4.69, 9.17) is 9.29 Å². The number of ether oxygens (including phenoxy) is 1. The van der Waals surface area contributed by atoms with Crippen molar-refractivity contribution >= 4 is 27.6 Å². The van der Waals surface area contributed by atoms with Gasteiger partial charge in [0, 0.05) is 36.0 Å². The first-order chi connectivity index (χ1) is 21.9. The minimum Gasteiger partial charge on any atom is -0.493 e. The summed E-state index contributed by atoms with van der Waals surface area (Å²) in [6.07, 6.45) is 4.77. The zero-order chi connectivity index (χ0) is 33.0. The van der Waals surface area contributed by atoms with Crippen molar-refractivity contribution in [1.82, 2.24) is 15.1 Å². The van der Waals surface area contributed by atoms with Crippen molar-refractivity contribution in [2.45, 2.75) is 53.0 Å². The lowest BCUT2D eigenvalue weighted by Crippen LogP contribution is -2.40. The Morgan fingerprint density at radius 3 is 2.61 bits per heavy atom. The lowest BCUT2D eigenvalue weighted by molar-refractivity contribution is -0.119. The molecule has 5 rings (SSSR count). The smallest absolute Gasteiger partial charge is 0.283 e. The van der Waals surface area contributed by atoms with Crippen LogP contribution in [0.2, 0.25) is 0 Å². The summed E-state index contributed by atoms with van der Waals surface area (Å²) in [7, 11) is -4.32. The number of nitrogens with one attached hydrogen (secondary N) is 1. The highest BCUT2D eigenvalue weighted by atomic mass is 32.2. The molecule has 1 aliphatic rings. The van der Waals surface area contributed by atoms with Crippen molar-refractivity contribution in [3.63, 3.8) is 0 Å². The van der Waals surface area contributed by atoms with E-state index < -0.39 is 21.9 Å². The third-order valence-electron chi connectivity index (χ3n) is 8.70. The van der Waals surface area contributed by atoms with Gasteiger partial charge in [0.15, 0.2) is 0 Å². The van der Waals surface area contributed by atoms with E-state index >= 15 is 0 Å². The molecular formula is C35H40N4O6S. The fourth-order valence-electron chi connectivity index (χ4n) is 5.85. The van der Waals surface area contributed by atoms with Crippen molar-refractivity contribution in [3.8, 4) is 16.9 Å². The quantitative estimate of drug-likeness (QED) is 0.157. The molecule has 2 atom stereocenters. The topological polar surface area (TPSA) is 131 Å². The van der Waals surface area contributed by atoms with Gasteiger partial charge >= 0.3 is 0 Å². The van der Waals surface area contributed by atoms with Crippen molar-refractivity contribution in [2.24, 2.45) is 5.92 Å². The van der Waals surface area contributed by atoms with Gasteiger partial charge in [-0.2, -0.15) is 13.5 Å². The van der Waals surface area contributed by atoms with Crippen LogP contribution in [0.15, 0.2) is 73.1 Å². The van der Waals surface area contributed by atoms with Crippen molar-refractivity contribution in [3.05, 3.63) is 101 Å². The van der Waals surface area contributed by atoms with Gasteiger partial charge < -0.3 is 15.0 Å². The van der Waals surface area contributed by atoms with Crippen LogP contribution in [0.25, 0.3) is 11.1 Å². The molecule has 2 N–H and O–H groups in total. The van der Waals surface area contributed by atoms with E-state index in [0.29, 0.717) is 32.5 Å². The average molecular weight is 645 g/mol. The van der Waals surface area contributed by atoms with Gasteiger partial charge in [-0.05, 0) is 84.2 Å². The molecule has 0 aliphatic carbocycles. The van der Waals surface area contributed by atoms with Gasteiger partial charge in [0.1, 0.15) is 11.6 Å². The fourth-order valence-corrected chi connectivity index (χ4v) is 6.16. The summed E-state index contributed by atoms with van der Waals surface area (Å²) in [5, 5.41) is 6.77. The van der Waals surface area contributed by atoms with Crippen LogP contribution < -0.4 is 15.0 Å². The molecule has 242 valence electrons. The van der Waals surface area contributed by atoms with Crippen LogP contribution >= 0.6 is 0 Å². The number of rotatable bonds is 11. The first kappa shape index (κ1) is 32.9. The Labute approximate surface area is 270 Å². The Balaban J connectivity index is 1.29. The minimum atomic E-state index is -4.32. The summed E-state index contributed by atoms with van der Waals surface area (Å²) in [6, 6.07) is 18.9. The number of fused-ring (bicyclic) bond motifs is 1. The van der Waals surface area contributed by atoms with Gasteiger partial charge in [-0.3, -0.25) is 18.8 Å². The van der Waals surface area contributed by atoms with Gasteiger partial charge in [-0.15, -0.1) is 0 Å². The van der Waals surface area contributed by atoms with E-state index in [1.54, 1.807) is 29.1 Å². The van der Waals surface area contributed by atoms with Crippen LogP contribution in [0.3, 0.4) is 0 Å². The zero-order valence-corrected chi connectivity index (χ0v) is 27.4. The summed E-state index contributed by atoms with van der Waals surface area (Å²) in [5.41, 5.74) is 7.37. The van der Waals surface area contributed by atoms with Gasteiger partial charge in [0.05, 0.1) is 19.3 Å². The average Bonchev–Trinajstić information content (AvgIpc) is 3.49. The Morgan fingerprint density at radius 1 is 1.07 bits per heavy atom. The third-order valence-corrected chi connectivity index (χ3v) is 9.20. The number of hydrogen-bond donors (Lipinski definition) is 2. The highest BCUT2D eigenvalue weighted by Crippen LogP contribution is 2.44. The lowest BCUT2D eigenvalue weighted by atomic mass is 9.80. The van der Waals surface area contributed by atoms with Gasteiger partial charge in [-0.25, -0.2) is 0 Å². The highest BCUT2D eigenvalue weighted by molar-refractivity contribution is 7.85. The number of nitrogens with zero attached hydrogens (tertiary/aromatic N) is 3. The maximum Gasteiger partial charge on any atom is 0.283 e. The Bertz CT molecular complexity index is 1850. The first-order valence-electron chi connectivity index (χ1n) is 15.4. The SMILES string of the molecule is Cc1cccc(OCCCC(=O)N2C[C@H](C)[C@H](C)c3c(-c4cnn(Cc5cccc(C(=O)NCS(=O)(=O)O)c5)c4)cccc32)c1C. The maximum absolute atomic E-state index is 13.5. The number of hydrogen-bond acceptors (Lipinski definition) is 6. The third kappa shape index (κ3) is 7.66. The molecule has 0 fully saturated rings. The van der Waals surface area contributed by atoms with E-state index in [1.165, 1.54) is 5.56 Å². The standard InChI is InChI=1S/C35H40N4O6S/c1-23-9-5-14-32(25(23)3)45-16-8-15-33(40)39-19-24(2)26(4)34-30(12-7-13-31(34)39)29-18-37-38(21-29)20-27-10-6-11-28(17-27)35(41)36-22-46(42,43)44/h5-7,9-14,17-18,21,24,26H,8,15-16,19-20,22H2,1-4H3,(H,36,41)(H,42,43,44)/t24-,26-/m0/s1. The van der Waals surface area contributed by atoms with Crippen LogP contribution in [-0.4, -0.2) is 53.6 Å². The summed E-state index contributed by atoms with van der Waals surface area (Å²) < 4.78 is 38.7. The second-order valence-electron chi connectivity index (χ2n) is 12.0. The molecule has 0 saturated carbocycles. The molecule has 3 aromatic carbocycles. The van der Waals surface area contributed by atoms with Crippen molar-refractivity contribution in [1.29, 1.82) is 0 Å². The predicted octanol–water partition coefficient (Wildman–Crippen LogP) is 5.74. The van der Waals surface area contributed by atoms with E-state index in [-0.39, 0.29) is 23.3 Å². The Kier molecular flexibility index (Phi) is 9.93. The van der Waals surface area contributed by atoms with Crippen molar-refractivity contribution < 1.29 is 27.3 Å². The number of carbonyl (C=O) groups is 2. The molecular weight excluding hydrogens is 604 g/mol. The summed E-state index contributed by atoms with van der Waals surface area (Å²) in [4.78, 5) is 27.8. The van der Waals surface area contributed by atoms with E-state index in [0.717, 1.165) is 39.3 Å². The number of aryl methyl sites for hydroxylation is 1. The molecule has 0 spiro atoms. The molecule has 46 heavy (non-hydrogen) atoms. The van der Waals surface area contributed by atoms with Crippen LogP contribution in [-0.2, 0) is 21.5 Å². The summed E-state index contributed by atoms with van der Waals surface area (Å²) >= 11 is 0. The van der Waals surface area contributed by atoms with Gasteiger partial charge in [0.2, 0.25) is 5.91 Å². The molecule has 10 nitrogen and oxygen atoms in total. The highest BCUT2D eigenvalue weighted by Gasteiger charge is 2.33. The van der Waals surface area contributed by atoms with E-state index in [1.807, 2.05) is 48.4 Å². The molecule has 0 radical (unpaired) electrons. The number of carbonyl (C=O) groups excluding carboxylic acids is 2. The largest absolute Gasteiger partial charge is 0.493 e. The van der Waals surface area contributed by atoms with Crippen molar-refractivity contribution in [2.75, 3.05) is 23.9 Å². The van der Waals surface area contributed by atoms with Crippen LogP contribution in [0.5, 0.6) is 5.75 Å². The molecule has 1 aliphatic heterocycles. The predicted molar refractivity (Wildman–Crippen MR) is 178 cm³/mol. The van der Waals surface area contributed by atoms with Crippen LogP contribution in [0.1, 0.15) is 65.2 Å². The van der Waals surface area contributed by atoms with Gasteiger partial charge in [0.25, 0.3) is 16.0 Å². The molecule has 11 heteroatoms. The molecule has 0 unspecified atom stereocenters. The van der Waals surface area contributed by atoms with Crippen LogP contribution in [0.4, 0.5) is 5.69 Å². The van der Waals surface area contributed by atoms with E-state index in [2.05, 4.69) is 43.3 Å². The summed E-state index contributed by atoms with van der Waals surface area (Å²) in [5.74, 6) is -0.0390. The Morgan fingerprint density at radius 2 is 1.83 bits per heavy atom. The molecule has 0 bridgehead atoms. The van der Waals surface area contributed by atoms with Crippen LogP contribution in [0, 0.1) is 19.8 Å². The normalized spacial score (nSPS) is 16.2. The number of benzene rings is 3. The second-order valence-corrected chi connectivity index (χ2v) is 13.5. The first-order valence-corrected chi connectivity index (χ1v) is 17.0.